The van der Waals surface area contributed by atoms with Gasteiger partial charge in [0.15, 0.2) is 0 Å². The molecule has 0 atom stereocenters. The molecule has 4 heteroatoms. The van der Waals surface area contributed by atoms with E-state index in [1.165, 1.54) is 0 Å². The minimum absolute atomic E-state index is 0.0243. The van der Waals surface area contributed by atoms with Gasteiger partial charge in [0.25, 0.3) is 0 Å². The Morgan fingerprint density at radius 3 is 2.89 bits per heavy atom. The van der Waals surface area contributed by atoms with Crippen LogP contribution >= 0.6 is 11.6 Å². The van der Waals surface area contributed by atoms with Gasteiger partial charge in [-0.25, -0.2) is 0 Å². The second-order valence-corrected chi connectivity index (χ2v) is 4.78. The molecule has 0 saturated heterocycles. The molecule has 0 aliphatic rings. The van der Waals surface area contributed by atoms with Crippen LogP contribution in [0.2, 0.25) is 5.02 Å². The van der Waals surface area contributed by atoms with Crippen LogP contribution in [0.5, 0.6) is 0 Å². The number of nitrogens with zero attached hydrogens (tertiary/aromatic N) is 1. The van der Waals surface area contributed by atoms with Crippen LogP contribution in [-0.4, -0.2) is 10.9 Å². The Bertz CT molecular complexity index is 570. The maximum atomic E-state index is 11.8. The molecule has 0 radical (unpaired) electrons. The van der Waals surface area contributed by atoms with Crippen LogP contribution in [0.4, 0.5) is 5.69 Å². The molecule has 0 fully saturated rings. The summed E-state index contributed by atoms with van der Waals surface area (Å²) >= 11 is 6.01. The van der Waals surface area contributed by atoms with Gasteiger partial charge in [-0.2, -0.15) is 0 Å². The number of halogens is 1. The molecule has 1 aromatic carbocycles. The van der Waals surface area contributed by atoms with E-state index in [1.807, 2.05) is 31.2 Å². The SMILES string of the molecule is Cc1ccc(NC(=O)CCc2cccnc2)cc1Cl. The monoisotopic (exact) mass is 274 g/mol. The van der Waals surface area contributed by atoms with Crippen molar-refractivity contribution in [2.45, 2.75) is 19.8 Å². The van der Waals surface area contributed by atoms with Gasteiger partial charge in [-0.1, -0.05) is 23.7 Å². The molecule has 0 saturated carbocycles. The fourth-order valence-corrected chi connectivity index (χ4v) is 1.88. The molecular weight excluding hydrogens is 260 g/mol. The van der Waals surface area contributed by atoms with Crippen LogP contribution in [0.15, 0.2) is 42.7 Å². The minimum Gasteiger partial charge on any atom is -0.326 e. The fourth-order valence-electron chi connectivity index (χ4n) is 1.70. The van der Waals surface area contributed by atoms with Gasteiger partial charge in [0, 0.05) is 29.5 Å². The highest BCUT2D eigenvalue weighted by atomic mass is 35.5. The van der Waals surface area contributed by atoms with Crippen molar-refractivity contribution >= 4 is 23.2 Å². The number of aromatic nitrogens is 1. The summed E-state index contributed by atoms with van der Waals surface area (Å²) < 4.78 is 0. The van der Waals surface area contributed by atoms with Crippen molar-refractivity contribution in [3.8, 4) is 0 Å². The lowest BCUT2D eigenvalue weighted by Gasteiger charge is -2.06. The van der Waals surface area contributed by atoms with Crippen LogP contribution in [-0.2, 0) is 11.2 Å². The van der Waals surface area contributed by atoms with Crippen molar-refractivity contribution in [1.29, 1.82) is 0 Å². The van der Waals surface area contributed by atoms with Crippen molar-refractivity contribution in [1.82, 2.24) is 4.98 Å². The van der Waals surface area contributed by atoms with Crippen molar-refractivity contribution in [2.75, 3.05) is 5.32 Å². The summed E-state index contributed by atoms with van der Waals surface area (Å²) in [5, 5.41) is 3.49. The average Bonchev–Trinajstić information content (AvgIpc) is 2.42. The molecular formula is C15H15ClN2O. The lowest BCUT2D eigenvalue weighted by Crippen LogP contribution is -2.12. The number of nitrogens with one attached hydrogen (secondary N) is 1. The number of hydrogen-bond donors (Lipinski definition) is 1. The van der Waals surface area contributed by atoms with E-state index < -0.39 is 0 Å². The van der Waals surface area contributed by atoms with Crippen LogP contribution in [0.1, 0.15) is 17.5 Å². The second-order valence-electron chi connectivity index (χ2n) is 4.37. The normalized spacial score (nSPS) is 10.2. The second kappa shape index (κ2) is 6.34. The number of carbonyl (C=O) groups is 1. The topological polar surface area (TPSA) is 42.0 Å². The van der Waals surface area contributed by atoms with Gasteiger partial charge in [-0.05, 0) is 42.7 Å². The highest BCUT2D eigenvalue weighted by Crippen LogP contribution is 2.20. The molecule has 1 N–H and O–H groups in total. The highest BCUT2D eigenvalue weighted by molar-refractivity contribution is 6.31. The van der Waals surface area contributed by atoms with Crippen LogP contribution in [0.3, 0.4) is 0 Å². The summed E-state index contributed by atoms with van der Waals surface area (Å²) in [5.74, 6) is -0.0243. The van der Waals surface area contributed by atoms with Crippen molar-refractivity contribution in [3.05, 3.63) is 58.9 Å². The van der Waals surface area contributed by atoms with Crippen LogP contribution < -0.4 is 5.32 Å². The van der Waals surface area contributed by atoms with Crippen LogP contribution in [0, 0.1) is 6.92 Å². The van der Waals surface area contributed by atoms with Gasteiger partial charge >= 0.3 is 0 Å². The Balaban J connectivity index is 1.89. The van der Waals surface area contributed by atoms with E-state index in [-0.39, 0.29) is 5.91 Å². The van der Waals surface area contributed by atoms with E-state index in [0.717, 1.165) is 16.8 Å². The first kappa shape index (κ1) is 13.6. The third-order valence-electron chi connectivity index (χ3n) is 2.82. The smallest absolute Gasteiger partial charge is 0.224 e. The predicted molar refractivity (Wildman–Crippen MR) is 77.4 cm³/mol. The molecule has 2 rings (SSSR count). The fraction of sp³-hybridized carbons (Fsp3) is 0.200. The number of rotatable bonds is 4. The Labute approximate surface area is 117 Å². The van der Waals surface area contributed by atoms with E-state index in [9.17, 15) is 4.79 Å². The molecule has 1 amide bonds. The van der Waals surface area contributed by atoms with Gasteiger partial charge in [-0.15, -0.1) is 0 Å². The molecule has 3 nitrogen and oxygen atoms in total. The summed E-state index contributed by atoms with van der Waals surface area (Å²) in [6.45, 7) is 1.93. The largest absolute Gasteiger partial charge is 0.326 e. The van der Waals surface area contributed by atoms with Gasteiger partial charge in [-0.3, -0.25) is 9.78 Å². The molecule has 0 aliphatic carbocycles. The zero-order valence-electron chi connectivity index (χ0n) is 10.7. The lowest BCUT2D eigenvalue weighted by atomic mass is 10.1. The van der Waals surface area contributed by atoms with Crippen molar-refractivity contribution < 1.29 is 4.79 Å². The molecule has 0 aliphatic heterocycles. The third-order valence-corrected chi connectivity index (χ3v) is 3.23. The summed E-state index contributed by atoms with van der Waals surface area (Å²) in [6.07, 6.45) is 4.60. The number of amides is 1. The van der Waals surface area contributed by atoms with Gasteiger partial charge in [0.1, 0.15) is 0 Å². The maximum Gasteiger partial charge on any atom is 0.224 e. The average molecular weight is 275 g/mol. The molecule has 19 heavy (non-hydrogen) atoms. The Kier molecular flexibility index (Phi) is 4.53. The Morgan fingerprint density at radius 2 is 2.21 bits per heavy atom. The standard InChI is InChI=1S/C15H15ClN2O/c1-11-4-6-13(9-14(11)16)18-15(19)7-5-12-3-2-8-17-10-12/h2-4,6,8-10H,5,7H2,1H3,(H,18,19). The molecule has 0 unspecified atom stereocenters. The predicted octanol–water partition coefficient (Wildman–Crippen LogP) is 3.61. The van der Waals surface area contributed by atoms with Gasteiger partial charge in [0.05, 0.1) is 0 Å². The zero-order chi connectivity index (χ0) is 13.7. The maximum absolute atomic E-state index is 11.8. The van der Waals surface area contributed by atoms with E-state index in [4.69, 9.17) is 11.6 Å². The van der Waals surface area contributed by atoms with E-state index >= 15 is 0 Å². The van der Waals surface area contributed by atoms with Crippen molar-refractivity contribution in [3.63, 3.8) is 0 Å². The summed E-state index contributed by atoms with van der Waals surface area (Å²) in [5.41, 5.74) is 2.78. The molecule has 98 valence electrons. The first-order valence-electron chi connectivity index (χ1n) is 6.10. The van der Waals surface area contributed by atoms with Crippen molar-refractivity contribution in [2.24, 2.45) is 0 Å². The molecule has 0 bridgehead atoms. The number of aryl methyl sites for hydroxylation is 2. The molecule has 2 aromatic rings. The molecule has 1 aromatic heterocycles. The summed E-state index contributed by atoms with van der Waals surface area (Å²) in [7, 11) is 0. The number of benzene rings is 1. The number of hydrogen-bond acceptors (Lipinski definition) is 2. The third kappa shape index (κ3) is 4.07. The van der Waals surface area contributed by atoms with Crippen LogP contribution in [0.25, 0.3) is 0 Å². The first-order valence-corrected chi connectivity index (χ1v) is 6.48. The molecule has 1 heterocycles. The Hall–Kier alpha value is -1.87. The van der Waals surface area contributed by atoms with E-state index in [1.54, 1.807) is 18.5 Å². The number of anilines is 1. The zero-order valence-corrected chi connectivity index (χ0v) is 11.4. The van der Waals surface area contributed by atoms with E-state index in [0.29, 0.717) is 17.9 Å². The van der Waals surface area contributed by atoms with Gasteiger partial charge < -0.3 is 5.32 Å². The summed E-state index contributed by atoms with van der Waals surface area (Å²) in [6, 6.07) is 9.33. The minimum atomic E-state index is -0.0243. The highest BCUT2D eigenvalue weighted by Gasteiger charge is 2.04. The Morgan fingerprint density at radius 1 is 1.37 bits per heavy atom. The number of pyridine rings is 1. The quantitative estimate of drug-likeness (QED) is 0.925. The summed E-state index contributed by atoms with van der Waals surface area (Å²) in [4.78, 5) is 15.8. The number of carbonyl (C=O) groups excluding carboxylic acids is 1. The molecule has 0 spiro atoms. The van der Waals surface area contributed by atoms with E-state index in [2.05, 4.69) is 10.3 Å². The first-order chi connectivity index (χ1) is 9.15. The van der Waals surface area contributed by atoms with Gasteiger partial charge in [0.2, 0.25) is 5.91 Å². The lowest BCUT2D eigenvalue weighted by molar-refractivity contribution is -0.116.